The van der Waals surface area contributed by atoms with Crippen molar-refractivity contribution in [3.63, 3.8) is 0 Å². The molecule has 0 saturated heterocycles. The van der Waals surface area contributed by atoms with E-state index >= 15 is 0 Å². The third kappa shape index (κ3) is 4.68. The summed E-state index contributed by atoms with van der Waals surface area (Å²) in [5.41, 5.74) is 11.5. The minimum absolute atomic E-state index is 0.0820. The molecular formula is C28H31N5O. The second kappa shape index (κ2) is 9.69. The average molecular weight is 454 g/mol. The number of nitrogens with one attached hydrogen (secondary N) is 2. The lowest BCUT2D eigenvalue weighted by molar-refractivity contribution is 0.0927. The van der Waals surface area contributed by atoms with Crippen LogP contribution in [0.15, 0.2) is 72.9 Å². The van der Waals surface area contributed by atoms with E-state index in [0.29, 0.717) is 17.8 Å². The molecule has 4 N–H and O–H groups in total. The molecule has 1 aliphatic rings. The van der Waals surface area contributed by atoms with Crippen molar-refractivity contribution >= 4 is 17.4 Å². The van der Waals surface area contributed by atoms with Gasteiger partial charge in [-0.15, -0.1) is 0 Å². The Morgan fingerprint density at radius 3 is 2.59 bits per heavy atom. The Kier molecular flexibility index (Phi) is 6.32. The third-order valence-electron chi connectivity index (χ3n) is 6.60. The molecule has 0 bridgehead atoms. The SMILES string of the molecule is Cc1cccc(-c2nc3c(C(=O)NC4CCC(N)CC4)cccn3c2NCc2ccccc2)c1. The molecule has 0 aliphatic heterocycles. The lowest BCUT2D eigenvalue weighted by atomic mass is 9.91. The second-order valence-corrected chi connectivity index (χ2v) is 9.22. The number of fused-ring (bicyclic) bond motifs is 1. The molecule has 0 spiro atoms. The topological polar surface area (TPSA) is 84.5 Å². The van der Waals surface area contributed by atoms with Crippen molar-refractivity contribution in [3.05, 3.63) is 89.6 Å². The van der Waals surface area contributed by atoms with E-state index in [4.69, 9.17) is 10.7 Å². The van der Waals surface area contributed by atoms with Crippen LogP contribution in [0.25, 0.3) is 16.9 Å². The summed E-state index contributed by atoms with van der Waals surface area (Å²) in [5, 5.41) is 6.79. The molecule has 6 nitrogen and oxygen atoms in total. The zero-order valence-corrected chi connectivity index (χ0v) is 19.5. The third-order valence-corrected chi connectivity index (χ3v) is 6.60. The normalized spacial score (nSPS) is 18.1. The summed E-state index contributed by atoms with van der Waals surface area (Å²) in [6.45, 7) is 2.73. The number of carbonyl (C=O) groups excluding carboxylic acids is 1. The van der Waals surface area contributed by atoms with Crippen LogP contribution >= 0.6 is 0 Å². The van der Waals surface area contributed by atoms with E-state index in [1.54, 1.807) is 0 Å². The first-order valence-electron chi connectivity index (χ1n) is 12.0. The smallest absolute Gasteiger partial charge is 0.255 e. The zero-order chi connectivity index (χ0) is 23.5. The van der Waals surface area contributed by atoms with Crippen molar-refractivity contribution in [2.75, 3.05) is 5.32 Å². The van der Waals surface area contributed by atoms with Crippen molar-refractivity contribution in [1.29, 1.82) is 0 Å². The Hall–Kier alpha value is -3.64. The van der Waals surface area contributed by atoms with Crippen LogP contribution in [0.1, 0.15) is 47.2 Å². The van der Waals surface area contributed by atoms with Gasteiger partial charge in [0.2, 0.25) is 0 Å². The fourth-order valence-corrected chi connectivity index (χ4v) is 4.72. The van der Waals surface area contributed by atoms with Crippen molar-refractivity contribution in [3.8, 4) is 11.3 Å². The van der Waals surface area contributed by atoms with E-state index in [-0.39, 0.29) is 18.0 Å². The van der Waals surface area contributed by atoms with Crippen LogP contribution in [0, 0.1) is 6.92 Å². The highest BCUT2D eigenvalue weighted by molar-refractivity contribution is 6.01. The monoisotopic (exact) mass is 453 g/mol. The van der Waals surface area contributed by atoms with Crippen LogP contribution in [0.3, 0.4) is 0 Å². The number of imidazole rings is 1. The molecule has 1 fully saturated rings. The minimum Gasteiger partial charge on any atom is -0.365 e. The summed E-state index contributed by atoms with van der Waals surface area (Å²) in [6.07, 6.45) is 5.70. The highest BCUT2D eigenvalue weighted by atomic mass is 16.1. The standard InChI is InChI=1S/C28H31N5O/c1-19-7-5-10-21(17-19)25-27(30-18-20-8-3-2-4-9-20)33-16-6-11-24(26(33)32-25)28(34)31-23-14-12-22(29)13-15-23/h2-11,16-17,22-23,30H,12-15,18,29H2,1H3,(H,31,34). The molecule has 6 heteroatoms. The summed E-state index contributed by atoms with van der Waals surface area (Å²) in [4.78, 5) is 18.3. The Bertz CT molecular complexity index is 1290. The van der Waals surface area contributed by atoms with Crippen molar-refractivity contribution in [2.24, 2.45) is 5.73 Å². The van der Waals surface area contributed by atoms with Gasteiger partial charge in [-0.1, -0.05) is 54.1 Å². The number of nitrogens with zero attached hydrogens (tertiary/aromatic N) is 2. The van der Waals surface area contributed by atoms with E-state index in [2.05, 4.69) is 47.9 Å². The van der Waals surface area contributed by atoms with Crippen LogP contribution in [0.5, 0.6) is 0 Å². The van der Waals surface area contributed by atoms with Gasteiger partial charge in [0.25, 0.3) is 5.91 Å². The van der Waals surface area contributed by atoms with E-state index in [1.807, 2.05) is 47.0 Å². The van der Waals surface area contributed by atoms with Gasteiger partial charge in [-0.3, -0.25) is 9.20 Å². The number of carbonyl (C=O) groups is 1. The molecule has 2 aromatic heterocycles. The number of amides is 1. The molecule has 4 aromatic rings. The number of pyridine rings is 1. The van der Waals surface area contributed by atoms with Crippen LogP contribution < -0.4 is 16.4 Å². The van der Waals surface area contributed by atoms with Crippen LogP contribution in [-0.4, -0.2) is 27.4 Å². The quantitative estimate of drug-likeness (QED) is 0.387. The zero-order valence-electron chi connectivity index (χ0n) is 19.5. The highest BCUT2D eigenvalue weighted by Crippen LogP contribution is 2.31. The predicted molar refractivity (Wildman–Crippen MR) is 137 cm³/mol. The molecule has 0 unspecified atom stereocenters. The van der Waals surface area contributed by atoms with Gasteiger partial charge < -0.3 is 16.4 Å². The molecule has 1 aliphatic carbocycles. The summed E-state index contributed by atoms with van der Waals surface area (Å²) in [7, 11) is 0. The number of aryl methyl sites for hydroxylation is 1. The molecule has 34 heavy (non-hydrogen) atoms. The van der Waals surface area contributed by atoms with Gasteiger partial charge >= 0.3 is 0 Å². The lowest BCUT2D eigenvalue weighted by Crippen LogP contribution is -2.40. The van der Waals surface area contributed by atoms with Gasteiger partial charge in [0, 0.05) is 30.4 Å². The maximum absolute atomic E-state index is 13.3. The van der Waals surface area contributed by atoms with Gasteiger partial charge in [-0.25, -0.2) is 4.98 Å². The number of benzene rings is 2. The Labute approximate surface area is 200 Å². The number of nitrogens with two attached hydrogens (primary N) is 1. The number of aromatic nitrogens is 2. The Morgan fingerprint density at radius 2 is 1.82 bits per heavy atom. The lowest BCUT2D eigenvalue weighted by Gasteiger charge is -2.26. The summed E-state index contributed by atoms with van der Waals surface area (Å²) < 4.78 is 1.99. The van der Waals surface area contributed by atoms with Crippen LogP contribution in [-0.2, 0) is 6.54 Å². The van der Waals surface area contributed by atoms with Crippen molar-refractivity contribution in [1.82, 2.24) is 14.7 Å². The van der Waals surface area contributed by atoms with Crippen LogP contribution in [0.2, 0.25) is 0 Å². The summed E-state index contributed by atoms with van der Waals surface area (Å²) in [5.74, 6) is 0.796. The number of hydrogen-bond donors (Lipinski definition) is 3. The van der Waals surface area contributed by atoms with Crippen molar-refractivity contribution < 1.29 is 4.79 Å². The largest absolute Gasteiger partial charge is 0.365 e. The summed E-state index contributed by atoms with van der Waals surface area (Å²) >= 11 is 0. The average Bonchev–Trinajstić information content (AvgIpc) is 3.23. The minimum atomic E-state index is -0.0820. The first-order valence-corrected chi connectivity index (χ1v) is 12.0. The first kappa shape index (κ1) is 22.2. The number of anilines is 1. The fourth-order valence-electron chi connectivity index (χ4n) is 4.72. The molecule has 0 atom stereocenters. The van der Waals surface area contributed by atoms with E-state index < -0.39 is 0 Å². The Balaban J connectivity index is 1.52. The molecule has 0 radical (unpaired) electrons. The number of hydrogen-bond acceptors (Lipinski definition) is 4. The van der Waals surface area contributed by atoms with E-state index in [0.717, 1.165) is 48.3 Å². The first-order chi connectivity index (χ1) is 16.6. The molecule has 2 heterocycles. The molecular weight excluding hydrogens is 422 g/mol. The maximum atomic E-state index is 13.3. The highest BCUT2D eigenvalue weighted by Gasteiger charge is 2.23. The number of rotatable bonds is 6. The van der Waals surface area contributed by atoms with Gasteiger partial charge in [0.1, 0.15) is 11.5 Å². The van der Waals surface area contributed by atoms with Crippen molar-refractivity contribution in [2.45, 2.75) is 51.2 Å². The van der Waals surface area contributed by atoms with Gasteiger partial charge in [-0.2, -0.15) is 0 Å². The fraction of sp³-hybridized carbons (Fsp3) is 0.286. The Morgan fingerprint density at radius 1 is 1.03 bits per heavy atom. The molecule has 5 rings (SSSR count). The second-order valence-electron chi connectivity index (χ2n) is 9.22. The predicted octanol–water partition coefficient (Wildman–Crippen LogP) is 4.92. The van der Waals surface area contributed by atoms with Gasteiger partial charge in [-0.05, 0) is 56.4 Å². The van der Waals surface area contributed by atoms with Crippen LogP contribution in [0.4, 0.5) is 5.82 Å². The van der Waals surface area contributed by atoms with E-state index in [1.165, 1.54) is 5.56 Å². The summed E-state index contributed by atoms with van der Waals surface area (Å²) in [6, 6.07) is 22.8. The molecule has 2 aromatic carbocycles. The molecule has 1 saturated carbocycles. The molecule has 174 valence electrons. The van der Waals surface area contributed by atoms with Gasteiger partial charge in [0.05, 0.1) is 5.56 Å². The van der Waals surface area contributed by atoms with Gasteiger partial charge in [0.15, 0.2) is 5.65 Å². The maximum Gasteiger partial charge on any atom is 0.255 e. The molecule has 1 amide bonds. The van der Waals surface area contributed by atoms with E-state index in [9.17, 15) is 4.79 Å².